The number of aryl methyl sites for hydroxylation is 1. The molecule has 3 rings (SSSR count). The van der Waals surface area contributed by atoms with Crippen molar-refractivity contribution in [2.45, 2.75) is 26.2 Å². The van der Waals surface area contributed by atoms with E-state index in [4.69, 9.17) is 9.47 Å². The number of rotatable bonds is 7. The van der Waals surface area contributed by atoms with Crippen molar-refractivity contribution in [2.24, 2.45) is 5.92 Å². The van der Waals surface area contributed by atoms with Crippen molar-refractivity contribution in [3.63, 3.8) is 0 Å². The first kappa shape index (κ1) is 19.9. The van der Waals surface area contributed by atoms with Crippen LogP contribution in [0.15, 0.2) is 30.5 Å². The molecule has 1 aromatic carbocycles. The highest BCUT2D eigenvalue weighted by Gasteiger charge is 2.26. The fourth-order valence-corrected chi connectivity index (χ4v) is 3.47. The van der Waals surface area contributed by atoms with Crippen molar-refractivity contribution in [3.05, 3.63) is 41.7 Å². The molecule has 28 heavy (non-hydrogen) atoms. The Labute approximate surface area is 166 Å². The number of aromatic nitrogens is 2. The first-order chi connectivity index (χ1) is 13.6. The number of methoxy groups -OCH3 is 2. The van der Waals surface area contributed by atoms with Gasteiger partial charge in [0.15, 0.2) is 11.5 Å². The van der Waals surface area contributed by atoms with Crippen LogP contribution in [-0.2, 0) is 11.2 Å². The first-order valence-electron chi connectivity index (χ1n) is 9.64. The van der Waals surface area contributed by atoms with Gasteiger partial charge in [-0.25, -0.2) is 9.97 Å². The van der Waals surface area contributed by atoms with Crippen LogP contribution < -0.4 is 19.7 Å². The average Bonchev–Trinajstić information content (AvgIpc) is 2.73. The molecular formula is C21H28N4O3. The minimum Gasteiger partial charge on any atom is -0.493 e. The van der Waals surface area contributed by atoms with Crippen LogP contribution in [0.2, 0.25) is 0 Å². The van der Waals surface area contributed by atoms with Crippen LogP contribution in [0, 0.1) is 12.8 Å². The van der Waals surface area contributed by atoms with E-state index < -0.39 is 0 Å². The molecular weight excluding hydrogens is 356 g/mol. The van der Waals surface area contributed by atoms with Crippen molar-refractivity contribution < 1.29 is 14.3 Å². The summed E-state index contributed by atoms with van der Waals surface area (Å²) in [4.78, 5) is 23.6. The Morgan fingerprint density at radius 2 is 2.07 bits per heavy atom. The molecule has 7 nitrogen and oxygen atoms in total. The van der Waals surface area contributed by atoms with Crippen molar-refractivity contribution in [3.8, 4) is 11.5 Å². The maximum absolute atomic E-state index is 12.6. The number of nitrogens with one attached hydrogen (secondary N) is 1. The fraction of sp³-hybridized carbons (Fsp3) is 0.476. The monoisotopic (exact) mass is 384 g/mol. The largest absolute Gasteiger partial charge is 0.493 e. The number of benzene rings is 1. The van der Waals surface area contributed by atoms with Crippen LogP contribution >= 0.6 is 0 Å². The molecule has 1 aliphatic heterocycles. The Balaban J connectivity index is 1.52. The Hall–Kier alpha value is -2.83. The smallest absolute Gasteiger partial charge is 0.225 e. The van der Waals surface area contributed by atoms with Gasteiger partial charge < -0.3 is 19.7 Å². The lowest BCUT2D eigenvalue weighted by atomic mass is 9.97. The summed E-state index contributed by atoms with van der Waals surface area (Å²) in [5.74, 6) is 2.17. The first-order valence-corrected chi connectivity index (χ1v) is 9.64. The molecule has 0 bridgehead atoms. The average molecular weight is 384 g/mol. The Bertz CT molecular complexity index is 812. The van der Waals surface area contributed by atoms with Crippen LogP contribution in [0.3, 0.4) is 0 Å². The maximum atomic E-state index is 12.6. The highest BCUT2D eigenvalue weighted by Crippen LogP contribution is 2.27. The molecule has 0 spiro atoms. The Kier molecular flexibility index (Phi) is 6.68. The molecule has 1 atom stereocenters. The molecule has 0 unspecified atom stereocenters. The predicted octanol–water partition coefficient (Wildman–Crippen LogP) is 2.38. The van der Waals surface area contributed by atoms with Gasteiger partial charge in [-0.2, -0.15) is 0 Å². The van der Waals surface area contributed by atoms with Gasteiger partial charge in [-0.3, -0.25) is 4.79 Å². The zero-order valence-corrected chi connectivity index (χ0v) is 16.8. The van der Waals surface area contributed by atoms with Crippen LogP contribution in [0.25, 0.3) is 0 Å². The molecule has 7 heteroatoms. The standard InChI is InChI=1S/C21H28N4O3/c1-15-8-10-23-21(24-15)25-12-4-5-17(14-25)20(26)22-11-9-16-6-7-18(27-2)19(13-16)28-3/h6-8,10,13,17H,4-5,9,11-12,14H2,1-3H3,(H,22,26)/t17-/m0/s1. The second-order valence-electron chi connectivity index (χ2n) is 7.01. The molecule has 2 aromatic rings. The molecule has 1 aliphatic rings. The van der Waals surface area contributed by atoms with E-state index in [2.05, 4.69) is 20.2 Å². The van der Waals surface area contributed by atoms with Gasteiger partial charge in [-0.15, -0.1) is 0 Å². The summed E-state index contributed by atoms with van der Waals surface area (Å²) >= 11 is 0. The van der Waals surface area contributed by atoms with E-state index >= 15 is 0 Å². The van der Waals surface area contributed by atoms with Crippen LogP contribution in [0.1, 0.15) is 24.1 Å². The van der Waals surface area contributed by atoms with E-state index in [1.807, 2.05) is 31.2 Å². The molecule has 1 fully saturated rings. The normalized spacial score (nSPS) is 16.5. The van der Waals surface area contributed by atoms with E-state index in [9.17, 15) is 4.79 Å². The Morgan fingerprint density at radius 1 is 1.25 bits per heavy atom. The third kappa shape index (κ3) is 4.91. The van der Waals surface area contributed by atoms with E-state index in [0.29, 0.717) is 30.5 Å². The van der Waals surface area contributed by atoms with Gasteiger partial charge in [-0.05, 0) is 49.9 Å². The SMILES string of the molecule is COc1ccc(CCNC(=O)[C@H]2CCCN(c3nccc(C)n3)C2)cc1OC. The third-order valence-electron chi connectivity index (χ3n) is 5.02. The molecule has 1 amide bonds. The number of hydrogen-bond donors (Lipinski definition) is 1. The topological polar surface area (TPSA) is 76.6 Å². The minimum atomic E-state index is -0.0386. The zero-order valence-electron chi connectivity index (χ0n) is 16.8. The molecule has 150 valence electrons. The number of hydrogen-bond acceptors (Lipinski definition) is 6. The summed E-state index contributed by atoms with van der Waals surface area (Å²) in [5.41, 5.74) is 2.03. The van der Waals surface area contributed by atoms with Gasteiger partial charge in [0.1, 0.15) is 0 Å². The van der Waals surface area contributed by atoms with E-state index in [1.165, 1.54) is 0 Å². The highest BCUT2D eigenvalue weighted by atomic mass is 16.5. The highest BCUT2D eigenvalue weighted by molar-refractivity contribution is 5.79. The van der Waals surface area contributed by atoms with Crippen molar-refractivity contribution in [2.75, 3.05) is 38.8 Å². The van der Waals surface area contributed by atoms with E-state index in [0.717, 1.165) is 37.1 Å². The van der Waals surface area contributed by atoms with Gasteiger partial charge in [0.2, 0.25) is 11.9 Å². The van der Waals surface area contributed by atoms with Crippen molar-refractivity contribution >= 4 is 11.9 Å². The third-order valence-corrected chi connectivity index (χ3v) is 5.02. The lowest BCUT2D eigenvalue weighted by Gasteiger charge is -2.32. The van der Waals surface area contributed by atoms with E-state index in [-0.39, 0.29) is 11.8 Å². The summed E-state index contributed by atoms with van der Waals surface area (Å²) < 4.78 is 10.6. The van der Waals surface area contributed by atoms with Crippen molar-refractivity contribution in [1.29, 1.82) is 0 Å². The molecule has 1 aromatic heterocycles. The lowest BCUT2D eigenvalue weighted by molar-refractivity contribution is -0.125. The molecule has 2 heterocycles. The van der Waals surface area contributed by atoms with Gasteiger partial charge in [0.05, 0.1) is 20.1 Å². The number of carbonyl (C=O) groups excluding carboxylic acids is 1. The lowest BCUT2D eigenvalue weighted by Crippen LogP contribution is -2.44. The zero-order chi connectivity index (χ0) is 19.9. The number of piperidine rings is 1. The fourth-order valence-electron chi connectivity index (χ4n) is 3.47. The predicted molar refractivity (Wildman–Crippen MR) is 108 cm³/mol. The number of nitrogens with zero attached hydrogens (tertiary/aromatic N) is 3. The molecule has 1 N–H and O–H groups in total. The summed E-state index contributed by atoms with van der Waals surface area (Å²) in [6.45, 7) is 4.09. The number of anilines is 1. The number of carbonyl (C=O) groups is 1. The van der Waals surface area contributed by atoms with Gasteiger partial charge in [0.25, 0.3) is 0 Å². The quantitative estimate of drug-likeness (QED) is 0.790. The summed E-state index contributed by atoms with van der Waals surface area (Å²) in [7, 11) is 3.24. The Morgan fingerprint density at radius 3 is 2.82 bits per heavy atom. The van der Waals surface area contributed by atoms with Crippen LogP contribution in [-0.4, -0.2) is 49.7 Å². The summed E-state index contributed by atoms with van der Waals surface area (Å²) in [6, 6.07) is 7.70. The van der Waals surface area contributed by atoms with Gasteiger partial charge in [0, 0.05) is 31.5 Å². The molecule has 0 saturated carbocycles. The molecule has 1 saturated heterocycles. The second kappa shape index (κ2) is 9.39. The van der Waals surface area contributed by atoms with Crippen LogP contribution in [0.4, 0.5) is 5.95 Å². The maximum Gasteiger partial charge on any atom is 0.225 e. The second-order valence-corrected chi connectivity index (χ2v) is 7.01. The molecule has 0 aliphatic carbocycles. The van der Waals surface area contributed by atoms with Gasteiger partial charge in [-0.1, -0.05) is 6.07 Å². The van der Waals surface area contributed by atoms with Crippen LogP contribution in [0.5, 0.6) is 11.5 Å². The summed E-state index contributed by atoms with van der Waals surface area (Å²) in [5, 5.41) is 3.07. The summed E-state index contributed by atoms with van der Waals surface area (Å²) in [6.07, 6.45) is 4.36. The van der Waals surface area contributed by atoms with Crippen molar-refractivity contribution in [1.82, 2.24) is 15.3 Å². The number of amides is 1. The minimum absolute atomic E-state index is 0.0386. The van der Waals surface area contributed by atoms with E-state index in [1.54, 1.807) is 20.4 Å². The van der Waals surface area contributed by atoms with Gasteiger partial charge >= 0.3 is 0 Å². The number of ether oxygens (including phenoxy) is 2. The molecule has 0 radical (unpaired) electrons.